The zero-order chi connectivity index (χ0) is 13.0. The Balaban J connectivity index is 2.77. The lowest BCUT2D eigenvalue weighted by Gasteiger charge is -2.15. The van der Waals surface area contributed by atoms with E-state index in [1.165, 1.54) is 0 Å². The quantitative estimate of drug-likeness (QED) is 0.787. The van der Waals surface area contributed by atoms with Gasteiger partial charge in [0.25, 0.3) is 0 Å². The fraction of sp³-hybridized carbons (Fsp3) is 0.385. The van der Waals surface area contributed by atoms with Crippen LogP contribution in [0, 0.1) is 18.8 Å². The molecule has 0 bridgehead atoms. The summed E-state index contributed by atoms with van der Waals surface area (Å²) in [5.41, 5.74) is 1.70. The molecule has 0 radical (unpaired) electrons. The highest BCUT2D eigenvalue weighted by atomic mass is 16.4. The van der Waals surface area contributed by atoms with Gasteiger partial charge in [-0.3, -0.25) is 9.59 Å². The number of benzene rings is 1. The second kappa shape index (κ2) is 5.48. The average Bonchev–Trinajstić information content (AvgIpc) is 2.20. The predicted octanol–water partition coefficient (Wildman–Crippen LogP) is 2.29. The van der Waals surface area contributed by atoms with Gasteiger partial charge in [-0.15, -0.1) is 0 Å². The standard InChI is InChI=1S/C13H17NO3/c1-8(2)11(13(16)17)12(15)14-10-6-4-9(3)5-7-10/h4-8,11H,1-3H3,(H,14,15)(H,16,17). The Bertz CT molecular complexity index is 409. The summed E-state index contributed by atoms with van der Waals surface area (Å²) in [5.74, 6) is -2.82. The molecule has 0 aliphatic rings. The van der Waals surface area contributed by atoms with Crippen LogP contribution in [0.15, 0.2) is 24.3 Å². The maximum Gasteiger partial charge on any atom is 0.316 e. The van der Waals surface area contributed by atoms with Gasteiger partial charge < -0.3 is 10.4 Å². The Morgan fingerprint density at radius 1 is 1.18 bits per heavy atom. The molecule has 1 atom stereocenters. The molecule has 2 N–H and O–H groups in total. The fourth-order valence-corrected chi connectivity index (χ4v) is 1.56. The maximum absolute atomic E-state index is 11.8. The van der Waals surface area contributed by atoms with Gasteiger partial charge in [-0.2, -0.15) is 0 Å². The summed E-state index contributed by atoms with van der Waals surface area (Å²) in [6.07, 6.45) is 0. The van der Waals surface area contributed by atoms with Crippen LogP contribution in [0.5, 0.6) is 0 Å². The van der Waals surface area contributed by atoms with E-state index in [-0.39, 0.29) is 5.92 Å². The normalized spacial score (nSPS) is 12.2. The van der Waals surface area contributed by atoms with E-state index in [1.54, 1.807) is 26.0 Å². The third-order valence-corrected chi connectivity index (χ3v) is 2.53. The molecular weight excluding hydrogens is 218 g/mol. The first-order chi connectivity index (χ1) is 7.91. The van der Waals surface area contributed by atoms with Crippen molar-refractivity contribution >= 4 is 17.6 Å². The van der Waals surface area contributed by atoms with E-state index in [9.17, 15) is 9.59 Å². The van der Waals surface area contributed by atoms with Crippen LogP contribution in [-0.2, 0) is 9.59 Å². The minimum absolute atomic E-state index is 0.238. The van der Waals surface area contributed by atoms with E-state index in [0.717, 1.165) is 5.56 Å². The van der Waals surface area contributed by atoms with Gasteiger partial charge in [-0.05, 0) is 25.0 Å². The second-order valence-electron chi connectivity index (χ2n) is 4.42. The summed E-state index contributed by atoms with van der Waals surface area (Å²) in [5, 5.41) is 11.6. The number of amides is 1. The molecule has 0 saturated heterocycles. The van der Waals surface area contributed by atoms with Gasteiger partial charge in [0.15, 0.2) is 0 Å². The van der Waals surface area contributed by atoms with E-state index in [1.807, 2.05) is 19.1 Å². The molecule has 0 aromatic heterocycles. The number of carbonyl (C=O) groups excluding carboxylic acids is 1. The highest BCUT2D eigenvalue weighted by Gasteiger charge is 2.29. The summed E-state index contributed by atoms with van der Waals surface area (Å²) in [6, 6.07) is 7.24. The van der Waals surface area contributed by atoms with Crippen LogP contribution in [0.25, 0.3) is 0 Å². The van der Waals surface area contributed by atoms with Gasteiger partial charge in [-0.1, -0.05) is 31.5 Å². The fourth-order valence-electron chi connectivity index (χ4n) is 1.56. The van der Waals surface area contributed by atoms with E-state index in [0.29, 0.717) is 5.69 Å². The van der Waals surface area contributed by atoms with E-state index < -0.39 is 17.8 Å². The van der Waals surface area contributed by atoms with Crippen molar-refractivity contribution < 1.29 is 14.7 Å². The number of anilines is 1. The highest BCUT2D eigenvalue weighted by molar-refractivity contribution is 6.04. The number of carboxylic acid groups (broad SMARTS) is 1. The third kappa shape index (κ3) is 3.59. The minimum Gasteiger partial charge on any atom is -0.481 e. The lowest BCUT2D eigenvalue weighted by atomic mass is 9.95. The molecular formula is C13H17NO3. The lowest BCUT2D eigenvalue weighted by Crippen LogP contribution is -2.33. The molecule has 0 aliphatic heterocycles. The summed E-state index contributed by atoms with van der Waals surface area (Å²) in [6.45, 7) is 5.38. The summed E-state index contributed by atoms with van der Waals surface area (Å²) >= 11 is 0. The van der Waals surface area contributed by atoms with Crippen molar-refractivity contribution in [1.82, 2.24) is 0 Å². The van der Waals surface area contributed by atoms with Gasteiger partial charge in [0, 0.05) is 5.69 Å². The molecule has 92 valence electrons. The molecule has 1 rings (SSSR count). The predicted molar refractivity (Wildman–Crippen MR) is 65.8 cm³/mol. The number of rotatable bonds is 4. The number of aliphatic carboxylic acids is 1. The molecule has 4 heteroatoms. The van der Waals surface area contributed by atoms with Crippen molar-refractivity contribution in [3.05, 3.63) is 29.8 Å². The second-order valence-corrected chi connectivity index (χ2v) is 4.42. The van der Waals surface area contributed by atoms with Crippen molar-refractivity contribution in [1.29, 1.82) is 0 Å². The molecule has 1 aromatic carbocycles. The Labute approximate surface area is 101 Å². The van der Waals surface area contributed by atoms with Crippen LogP contribution in [0.3, 0.4) is 0 Å². The van der Waals surface area contributed by atoms with E-state index >= 15 is 0 Å². The largest absolute Gasteiger partial charge is 0.481 e. The van der Waals surface area contributed by atoms with E-state index in [2.05, 4.69) is 5.32 Å². The van der Waals surface area contributed by atoms with Crippen LogP contribution in [-0.4, -0.2) is 17.0 Å². The monoisotopic (exact) mass is 235 g/mol. The minimum atomic E-state index is -1.09. The van der Waals surface area contributed by atoms with Crippen molar-refractivity contribution in [3.63, 3.8) is 0 Å². The SMILES string of the molecule is Cc1ccc(NC(=O)C(C(=O)O)C(C)C)cc1. The number of hydrogen-bond donors (Lipinski definition) is 2. The molecule has 0 fully saturated rings. The van der Waals surface area contributed by atoms with Gasteiger partial charge >= 0.3 is 5.97 Å². The molecule has 4 nitrogen and oxygen atoms in total. The van der Waals surface area contributed by atoms with Crippen molar-refractivity contribution in [2.45, 2.75) is 20.8 Å². The smallest absolute Gasteiger partial charge is 0.316 e. The number of hydrogen-bond acceptors (Lipinski definition) is 2. The molecule has 1 aromatic rings. The summed E-state index contributed by atoms with van der Waals surface area (Å²) in [7, 11) is 0. The Kier molecular flexibility index (Phi) is 4.26. The summed E-state index contributed by atoms with van der Waals surface area (Å²) in [4.78, 5) is 22.8. The Morgan fingerprint density at radius 3 is 2.12 bits per heavy atom. The van der Waals surface area contributed by atoms with Crippen LogP contribution in [0.4, 0.5) is 5.69 Å². The van der Waals surface area contributed by atoms with E-state index in [4.69, 9.17) is 5.11 Å². The molecule has 0 spiro atoms. The van der Waals surface area contributed by atoms with Crippen LogP contribution in [0.1, 0.15) is 19.4 Å². The topological polar surface area (TPSA) is 66.4 Å². The molecule has 0 heterocycles. The zero-order valence-electron chi connectivity index (χ0n) is 10.2. The zero-order valence-corrected chi connectivity index (χ0v) is 10.2. The first kappa shape index (κ1) is 13.2. The molecule has 0 saturated carbocycles. The average molecular weight is 235 g/mol. The Morgan fingerprint density at radius 2 is 1.71 bits per heavy atom. The van der Waals surface area contributed by atoms with Gasteiger partial charge in [0.1, 0.15) is 5.92 Å². The first-order valence-electron chi connectivity index (χ1n) is 5.52. The first-order valence-corrected chi connectivity index (χ1v) is 5.52. The number of nitrogens with one attached hydrogen (secondary N) is 1. The van der Waals surface area contributed by atoms with Gasteiger partial charge in [-0.25, -0.2) is 0 Å². The van der Waals surface area contributed by atoms with Crippen molar-refractivity contribution in [2.75, 3.05) is 5.32 Å². The van der Waals surface area contributed by atoms with Gasteiger partial charge in [0.2, 0.25) is 5.91 Å². The maximum atomic E-state index is 11.8. The third-order valence-electron chi connectivity index (χ3n) is 2.53. The van der Waals surface area contributed by atoms with Crippen molar-refractivity contribution in [2.24, 2.45) is 11.8 Å². The molecule has 1 unspecified atom stereocenters. The van der Waals surface area contributed by atoms with Crippen LogP contribution < -0.4 is 5.32 Å². The van der Waals surface area contributed by atoms with Crippen molar-refractivity contribution in [3.8, 4) is 0 Å². The number of carbonyl (C=O) groups is 2. The molecule has 17 heavy (non-hydrogen) atoms. The van der Waals surface area contributed by atoms with Crippen LogP contribution in [0.2, 0.25) is 0 Å². The molecule has 1 amide bonds. The highest BCUT2D eigenvalue weighted by Crippen LogP contribution is 2.15. The summed E-state index contributed by atoms with van der Waals surface area (Å²) < 4.78 is 0. The molecule has 0 aliphatic carbocycles. The lowest BCUT2D eigenvalue weighted by molar-refractivity contribution is -0.147. The number of aryl methyl sites for hydroxylation is 1. The Hall–Kier alpha value is -1.84. The van der Waals surface area contributed by atoms with Gasteiger partial charge in [0.05, 0.1) is 0 Å². The number of carboxylic acids is 1. The van der Waals surface area contributed by atoms with Crippen LogP contribution >= 0.6 is 0 Å².